The van der Waals surface area contributed by atoms with Crippen LogP contribution in [0.3, 0.4) is 0 Å². The second-order valence-corrected chi connectivity index (χ2v) is 3.67. The van der Waals surface area contributed by atoms with E-state index in [-0.39, 0.29) is 11.6 Å². The van der Waals surface area contributed by atoms with Gasteiger partial charge in [0.05, 0.1) is 6.42 Å². The molecule has 0 aliphatic heterocycles. The van der Waals surface area contributed by atoms with Crippen LogP contribution in [-0.4, -0.2) is 15.9 Å². The van der Waals surface area contributed by atoms with Crippen molar-refractivity contribution in [3.63, 3.8) is 0 Å². The van der Waals surface area contributed by atoms with E-state index in [2.05, 4.69) is 10.1 Å². The van der Waals surface area contributed by atoms with Gasteiger partial charge in [-0.1, -0.05) is 29.4 Å². The molecule has 0 atom stereocenters. The lowest BCUT2D eigenvalue weighted by molar-refractivity contribution is 0.100. The second kappa shape index (κ2) is 4.26. The number of Topliss-reactive ketones (excluding diaryl/α,β-unsaturated/α-hetero) is 1. The number of rotatable bonds is 3. The number of nitrogens with zero attached hydrogens (tertiary/aromatic N) is 2. The Balaban J connectivity index is 2.21. The van der Waals surface area contributed by atoms with E-state index in [9.17, 15) is 4.79 Å². The van der Waals surface area contributed by atoms with Gasteiger partial charge < -0.3 is 4.52 Å². The molecule has 0 saturated carbocycles. The zero-order chi connectivity index (χ0) is 11.5. The molecule has 2 aromatic rings. The highest BCUT2D eigenvalue weighted by atomic mass is 16.5. The monoisotopic (exact) mass is 216 g/mol. The summed E-state index contributed by atoms with van der Waals surface area (Å²) >= 11 is 0. The largest absolute Gasteiger partial charge is 0.339 e. The Hall–Kier alpha value is -1.97. The molecule has 1 aromatic heterocycles. The summed E-state index contributed by atoms with van der Waals surface area (Å²) in [7, 11) is 0. The number of carbonyl (C=O) groups is 1. The summed E-state index contributed by atoms with van der Waals surface area (Å²) in [5.74, 6) is 0.433. The van der Waals surface area contributed by atoms with Crippen molar-refractivity contribution in [2.45, 2.75) is 20.3 Å². The zero-order valence-electron chi connectivity index (χ0n) is 9.23. The first kappa shape index (κ1) is 10.5. The van der Waals surface area contributed by atoms with Crippen LogP contribution in [0.5, 0.6) is 0 Å². The van der Waals surface area contributed by atoms with Crippen molar-refractivity contribution in [3.8, 4) is 0 Å². The van der Waals surface area contributed by atoms with Crippen LogP contribution in [0.15, 0.2) is 28.8 Å². The number of aryl methyl sites for hydroxylation is 1. The summed E-state index contributed by atoms with van der Waals surface area (Å²) in [6.45, 7) is 3.44. The third-order valence-corrected chi connectivity index (χ3v) is 2.39. The standard InChI is InChI=1S/C12H12N2O2/c1-8-5-3-4-6-10(8)7-11-13-12(9(2)15)14-16-11/h3-6H,7H2,1-2H3. The zero-order valence-corrected chi connectivity index (χ0v) is 9.23. The van der Waals surface area contributed by atoms with Gasteiger partial charge >= 0.3 is 0 Å². The molecule has 82 valence electrons. The predicted molar refractivity (Wildman–Crippen MR) is 58.3 cm³/mol. The smallest absolute Gasteiger partial charge is 0.238 e. The van der Waals surface area contributed by atoms with Gasteiger partial charge in [0.2, 0.25) is 17.5 Å². The van der Waals surface area contributed by atoms with E-state index in [0.29, 0.717) is 12.3 Å². The first-order chi connectivity index (χ1) is 7.66. The van der Waals surface area contributed by atoms with Crippen LogP contribution < -0.4 is 0 Å². The molecule has 0 unspecified atom stereocenters. The van der Waals surface area contributed by atoms with Gasteiger partial charge in [-0.15, -0.1) is 0 Å². The summed E-state index contributed by atoms with van der Waals surface area (Å²) < 4.78 is 5.00. The highest BCUT2D eigenvalue weighted by Crippen LogP contribution is 2.12. The lowest BCUT2D eigenvalue weighted by atomic mass is 10.1. The fraction of sp³-hybridized carbons (Fsp3) is 0.250. The number of hydrogen-bond acceptors (Lipinski definition) is 4. The molecule has 0 aliphatic carbocycles. The van der Waals surface area contributed by atoms with E-state index in [0.717, 1.165) is 5.56 Å². The van der Waals surface area contributed by atoms with Crippen molar-refractivity contribution in [1.29, 1.82) is 0 Å². The summed E-state index contributed by atoms with van der Waals surface area (Å²) in [4.78, 5) is 15.0. The molecule has 0 spiro atoms. The fourth-order valence-electron chi connectivity index (χ4n) is 1.44. The predicted octanol–water partition coefficient (Wildman–Crippen LogP) is 2.17. The van der Waals surface area contributed by atoms with Crippen LogP contribution >= 0.6 is 0 Å². The van der Waals surface area contributed by atoms with Crippen molar-refractivity contribution < 1.29 is 9.32 Å². The molecule has 4 nitrogen and oxygen atoms in total. The molecule has 4 heteroatoms. The van der Waals surface area contributed by atoms with E-state index in [4.69, 9.17) is 4.52 Å². The summed E-state index contributed by atoms with van der Waals surface area (Å²) in [5, 5.41) is 3.61. The Kier molecular flexibility index (Phi) is 2.81. The molecular formula is C12H12N2O2. The minimum absolute atomic E-state index is 0.142. The van der Waals surface area contributed by atoms with Gasteiger partial charge in [0.25, 0.3) is 0 Å². The van der Waals surface area contributed by atoms with Crippen molar-refractivity contribution in [3.05, 3.63) is 47.1 Å². The lowest BCUT2D eigenvalue weighted by Gasteiger charge is -2.00. The summed E-state index contributed by atoms with van der Waals surface area (Å²) in [6, 6.07) is 7.97. The minimum Gasteiger partial charge on any atom is -0.339 e. The first-order valence-corrected chi connectivity index (χ1v) is 5.05. The van der Waals surface area contributed by atoms with Crippen LogP contribution in [0.2, 0.25) is 0 Å². The number of aromatic nitrogens is 2. The molecule has 1 heterocycles. The molecule has 0 radical (unpaired) electrons. The maximum atomic E-state index is 11.0. The summed E-state index contributed by atoms with van der Waals surface area (Å²) in [6.07, 6.45) is 0.562. The van der Waals surface area contributed by atoms with Gasteiger partial charge in [-0.2, -0.15) is 4.98 Å². The van der Waals surface area contributed by atoms with Crippen LogP contribution in [0.1, 0.15) is 34.6 Å². The average Bonchev–Trinajstić information content (AvgIpc) is 2.70. The molecule has 0 N–H and O–H groups in total. The molecular weight excluding hydrogens is 204 g/mol. The first-order valence-electron chi connectivity index (χ1n) is 5.05. The summed E-state index contributed by atoms with van der Waals surface area (Å²) in [5.41, 5.74) is 2.30. The highest BCUT2D eigenvalue weighted by Gasteiger charge is 2.11. The Morgan fingerprint density at radius 1 is 1.38 bits per heavy atom. The van der Waals surface area contributed by atoms with Gasteiger partial charge in [-0.25, -0.2) is 0 Å². The van der Waals surface area contributed by atoms with Gasteiger partial charge in [-0.3, -0.25) is 4.79 Å². The quantitative estimate of drug-likeness (QED) is 0.738. The SMILES string of the molecule is CC(=O)c1noc(Cc2ccccc2C)n1. The van der Waals surface area contributed by atoms with Gasteiger partial charge in [0, 0.05) is 6.92 Å². The Morgan fingerprint density at radius 2 is 2.12 bits per heavy atom. The molecule has 16 heavy (non-hydrogen) atoms. The number of ketones is 1. The average molecular weight is 216 g/mol. The molecule has 0 bridgehead atoms. The molecule has 0 fully saturated rings. The van der Waals surface area contributed by atoms with Crippen molar-refractivity contribution in [2.24, 2.45) is 0 Å². The van der Waals surface area contributed by atoms with Gasteiger partial charge in [0.1, 0.15) is 0 Å². The Morgan fingerprint density at radius 3 is 2.75 bits per heavy atom. The normalized spacial score (nSPS) is 10.4. The van der Waals surface area contributed by atoms with E-state index in [1.807, 2.05) is 31.2 Å². The van der Waals surface area contributed by atoms with Crippen molar-refractivity contribution in [2.75, 3.05) is 0 Å². The van der Waals surface area contributed by atoms with E-state index in [1.54, 1.807) is 0 Å². The maximum absolute atomic E-state index is 11.0. The fourth-order valence-corrected chi connectivity index (χ4v) is 1.44. The maximum Gasteiger partial charge on any atom is 0.238 e. The number of hydrogen-bond donors (Lipinski definition) is 0. The number of benzene rings is 1. The molecule has 0 amide bonds. The molecule has 0 saturated heterocycles. The van der Waals surface area contributed by atoms with Crippen molar-refractivity contribution in [1.82, 2.24) is 10.1 Å². The second-order valence-electron chi connectivity index (χ2n) is 3.67. The highest BCUT2D eigenvalue weighted by molar-refractivity contribution is 5.89. The molecule has 1 aromatic carbocycles. The van der Waals surface area contributed by atoms with Crippen LogP contribution in [0.25, 0.3) is 0 Å². The van der Waals surface area contributed by atoms with Gasteiger partial charge in [0.15, 0.2) is 0 Å². The Bertz CT molecular complexity index is 517. The van der Waals surface area contributed by atoms with Crippen LogP contribution in [0.4, 0.5) is 0 Å². The lowest BCUT2D eigenvalue weighted by Crippen LogP contribution is -1.96. The Labute approximate surface area is 93.3 Å². The van der Waals surface area contributed by atoms with Crippen LogP contribution in [0, 0.1) is 6.92 Å². The molecule has 2 rings (SSSR count). The minimum atomic E-state index is -0.181. The van der Waals surface area contributed by atoms with E-state index >= 15 is 0 Å². The van der Waals surface area contributed by atoms with Crippen molar-refractivity contribution >= 4 is 5.78 Å². The number of carbonyl (C=O) groups excluding carboxylic acids is 1. The third kappa shape index (κ3) is 2.16. The topological polar surface area (TPSA) is 56.0 Å². The van der Waals surface area contributed by atoms with Crippen LogP contribution in [-0.2, 0) is 6.42 Å². The van der Waals surface area contributed by atoms with E-state index in [1.165, 1.54) is 12.5 Å². The third-order valence-electron chi connectivity index (χ3n) is 2.39. The molecule has 0 aliphatic rings. The van der Waals surface area contributed by atoms with Gasteiger partial charge in [-0.05, 0) is 18.1 Å². The van der Waals surface area contributed by atoms with E-state index < -0.39 is 0 Å².